The lowest BCUT2D eigenvalue weighted by Gasteiger charge is -2.29. The van der Waals surface area contributed by atoms with E-state index in [-0.39, 0.29) is 0 Å². The molecule has 0 N–H and O–H groups in total. The van der Waals surface area contributed by atoms with Crippen molar-refractivity contribution in [2.45, 2.75) is 66.5 Å². The third-order valence-corrected chi connectivity index (χ3v) is 16.7. The van der Waals surface area contributed by atoms with Gasteiger partial charge in [0.15, 0.2) is 0 Å². The molecule has 0 bridgehead atoms. The van der Waals surface area contributed by atoms with Gasteiger partial charge in [0.25, 0.3) is 0 Å². The van der Waals surface area contributed by atoms with Crippen molar-refractivity contribution in [3.8, 4) is 11.1 Å². The van der Waals surface area contributed by atoms with E-state index in [9.17, 15) is 0 Å². The molecule has 6 aromatic rings. The largest absolute Gasteiger partial charge is 0.501 e. The Morgan fingerprint density at radius 2 is 0.548 bits per heavy atom. The average molecular weight is 869 g/mol. The molecule has 0 unspecified atom stereocenters. The molecule has 326 valence electrons. The number of benzene rings is 6. The minimum atomic E-state index is -2.73. The van der Waals surface area contributed by atoms with Crippen molar-refractivity contribution >= 4 is 51.7 Å². The molecule has 8 nitrogen and oxygen atoms in total. The predicted octanol–water partition coefficient (Wildman–Crippen LogP) is 13.5. The van der Waals surface area contributed by atoms with Crippen molar-refractivity contribution in [2.75, 3.05) is 49.4 Å². The Labute approximate surface area is 372 Å². The van der Waals surface area contributed by atoms with Crippen LogP contribution in [0.25, 0.3) is 11.1 Å². The van der Waals surface area contributed by atoms with E-state index < -0.39 is 17.6 Å². The number of nitrogens with zero attached hydrogens (tertiary/aromatic N) is 2. The summed E-state index contributed by atoms with van der Waals surface area (Å²) in [5, 5.41) is 0. The van der Waals surface area contributed by atoms with Gasteiger partial charge in [-0.25, -0.2) is 0 Å². The van der Waals surface area contributed by atoms with E-state index >= 15 is 0 Å². The SMILES string of the molecule is CCO[Si](CCc1ccc(N(c2ccccc2)c2ccc(-c3ccc(N(c4ccccc4)c4ccc(CC[Si](OCC)(OCC)OCC)cc4)cc3)cc2)cc1)(OCC)OCC. The number of hydrogen-bond acceptors (Lipinski definition) is 8. The second-order valence-corrected chi connectivity index (χ2v) is 20.2. The van der Waals surface area contributed by atoms with Gasteiger partial charge in [0.1, 0.15) is 0 Å². The minimum Gasteiger partial charge on any atom is -0.374 e. The zero-order valence-electron chi connectivity index (χ0n) is 37.4. The van der Waals surface area contributed by atoms with E-state index in [1.807, 2.05) is 41.5 Å². The van der Waals surface area contributed by atoms with Gasteiger partial charge < -0.3 is 36.4 Å². The first-order chi connectivity index (χ1) is 30.4. The number of para-hydroxylation sites is 2. The van der Waals surface area contributed by atoms with Gasteiger partial charge in [0.05, 0.1) is 0 Å². The Morgan fingerprint density at radius 3 is 0.806 bits per heavy atom. The summed E-state index contributed by atoms with van der Waals surface area (Å²) in [6.07, 6.45) is 1.64. The molecular formula is C52H64N2O6Si2. The molecule has 0 saturated heterocycles. The van der Waals surface area contributed by atoms with Crippen LogP contribution in [0.4, 0.5) is 34.1 Å². The highest BCUT2D eigenvalue weighted by molar-refractivity contribution is 6.61. The highest BCUT2D eigenvalue weighted by atomic mass is 28.4. The zero-order chi connectivity index (χ0) is 43.6. The highest BCUT2D eigenvalue weighted by Crippen LogP contribution is 2.38. The number of rotatable bonds is 25. The fourth-order valence-electron chi connectivity index (χ4n) is 7.88. The molecule has 0 aliphatic rings. The van der Waals surface area contributed by atoms with Crippen molar-refractivity contribution in [3.05, 3.63) is 169 Å². The fourth-order valence-corrected chi connectivity index (χ4v) is 13.1. The molecule has 0 radical (unpaired) electrons. The lowest BCUT2D eigenvalue weighted by Crippen LogP contribution is -2.46. The summed E-state index contributed by atoms with van der Waals surface area (Å²) in [5.41, 5.74) is 11.3. The molecule has 0 atom stereocenters. The molecule has 0 fully saturated rings. The first-order valence-corrected chi connectivity index (χ1v) is 26.2. The maximum Gasteiger partial charge on any atom is 0.501 e. The van der Waals surface area contributed by atoms with E-state index in [2.05, 4.69) is 168 Å². The van der Waals surface area contributed by atoms with E-state index in [4.69, 9.17) is 26.6 Å². The summed E-state index contributed by atoms with van der Waals surface area (Å²) in [7, 11) is -5.46. The van der Waals surface area contributed by atoms with Gasteiger partial charge in [0.2, 0.25) is 0 Å². The van der Waals surface area contributed by atoms with Crippen molar-refractivity contribution in [1.29, 1.82) is 0 Å². The van der Waals surface area contributed by atoms with Crippen LogP contribution in [0.1, 0.15) is 52.7 Å². The third kappa shape index (κ3) is 12.2. The minimum absolute atomic E-state index is 0.578. The Hall–Kier alpha value is -4.89. The van der Waals surface area contributed by atoms with Crippen molar-refractivity contribution in [3.63, 3.8) is 0 Å². The van der Waals surface area contributed by atoms with Crippen LogP contribution in [0.5, 0.6) is 0 Å². The molecule has 6 aromatic carbocycles. The monoisotopic (exact) mass is 868 g/mol. The summed E-state index contributed by atoms with van der Waals surface area (Å²) in [4.78, 5) is 4.60. The smallest absolute Gasteiger partial charge is 0.374 e. The quantitative estimate of drug-likeness (QED) is 0.0527. The maximum absolute atomic E-state index is 6.11. The first kappa shape index (κ1) is 46.6. The van der Waals surface area contributed by atoms with Gasteiger partial charge in [-0.15, -0.1) is 0 Å². The molecule has 62 heavy (non-hydrogen) atoms. The maximum atomic E-state index is 6.11. The Morgan fingerprint density at radius 1 is 0.306 bits per heavy atom. The highest BCUT2D eigenvalue weighted by Gasteiger charge is 2.40. The number of hydrogen-bond donors (Lipinski definition) is 0. The van der Waals surface area contributed by atoms with Crippen molar-refractivity contribution < 1.29 is 26.6 Å². The molecule has 0 spiro atoms. The summed E-state index contributed by atoms with van der Waals surface area (Å²) < 4.78 is 36.7. The summed E-state index contributed by atoms with van der Waals surface area (Å²) >= 11 is 0. The molecule has 0 aliphatic carbocycles. The molecule has 0 amide bonds. The predicted molar refractivity (Wildman–Crippen MR) is 260 cm³/mol. The van der Waals surface area contributed by atoms with E-state index in [1.165, 1.54) is 11.1 Å². The second kappa shape index (κ2) is 23.5. The van der Waals surface area contributed by atoms with Crippen LogP contribution in [-0.4, -0.2) is 57.3 Å². The molecule has 0 heterocycles. The van der Waals surface area contributed by atoms with Crippen LogP contribution < -0.4 is 9.80 Å². The Balaban J connectivity index is 1.20. The molecule has 0 saturated carbocycles. The van der Waals surface area contributed by atoms with Crippen LogP contribution in [0.15, 0.2) is 158 Å². The van der Waals surface area contributed by atoms with E-state index in [0.29, 0.717) is 39.6 Å². The van der Waals surface area contributed by atoms with Gasteiger partial charge in [0, 0.05) is 85.9 Å². The third-order valence-electron chi connectivity index (χ3n) is 10.6. The number of anilines is 6. The van der Waals surface area contributed by atoms with Gasteiger partial charge in [-0.1, -0.05) is 84.9 Å². The van der Waals surface area contributed by atoms with E-state index in [1.54, 1.807) is 0 Å². The van der Waals surface area contributed by atoms with Crippen molar-refractivity contribution in [2.24, 2.45) is 0 Å². The molecule has 0 aliphatic heterocycles. The summed E-state index contributed by atoms with van der Waals surface area (Å²) in [6.45, 7) is 15.5. The zero-order valence-corrected chi connectivity index (χ0v) is 39.4. The van der Waals surface area contributed by atoms with Crippen LogP contribution in [0.3, 0.4) is 0 Å². The topological polar surface area (TPSA) is 61.9 Å². The lowest BCUT2D eigenvalue weighted by molar-refractivity contribution is 0.0706. The molecule has 0 aromatic heterocycles. The van der Waals surface area contributed by atoms with Crippen LogP contribution in [0.2, 0.25) is 12.1 Å². The first-order valence-electron chi connectivity index (χ1n) is 22.3. The van der Waals surface area contributed by atoms with Gasteiger partial charge in [-0.05, 0) is 149 Å². The molecule has 6 rings (SSSR count). The lowest BCUT2D eigenvalue weighted by atomic mass is 10.0. The molecule has 10 heteroatoms. The summed E-state index contributed by atoms with van der Waals surface area (Å²) in [6, 6.07) is 57.8. The van der Waals surface area contributed by atoms with E-state index in [0.717, 1.165) is 70.2 Å². The second-order valence-electron chi connectivity index (χ2n) is 14.7. The average Bonchev–Trinajstić information content (AvgIpc) is 3.30. The van der Waals surface area contributed by atoms with Crippen molar-refractivity contribution in [1.82, 2.24) is 0 Å². The normalized spacial score (nSPS) is 11.8. The Kier molecular flexibility index (Phi) is 17.7. The van der Waals surface area contributed by atoms with Gasteiger partial charge >= 0.3 is 17.6 Å². The van der Waals surface area contributed by atoms with Crippen LogP contribution in [0, 0.1) is 0 Å². The summed E-state index contributed by atoms with van der Waals surface area (Å²) in [5.74, 6) is 0. The van der Waals surface area contributed by atoms with Gasteiger partial charge in [-0.2, -0.15) is 0 Å². The Bertz CT molecular complexity index is 1980. The number of aryl methyl sites for hydroxylation is 2. The molecular weight excluding hydrogens is 805 g/mol. The standard InChI is InChI=1S/C52H64N2O6Si2/c1-7-55-61(56-8-2,57-9-3)41-39-43-23-31-49(32-24-43)53(47-19-15-13-16-20-47)51-35-27-45(28-36-51)46-29-37-52(38-30-46)54(48-21-17-14-18-22-48)50-33-25-44(26-34-50)40-42-62(58-10-4,59-11-5)60-12-6/h13-38H,7-12,39-42H2,1-6H3. The van der Waals surface area contributed by atoms with Gasteiger partial charge in [-0.3, -0.25) is 0 Å². The van der Waals surface area contributed by atoms with Crippen LogP contribution in [-0.2, 0) is 39.4 Å². The van der Waals surface area contributed by atoms with Crippen LogP contribution >= 0.6 is 0 Å². The fraction of sp³-hybridized carbons (Fsp3) is 0.308.